The first-order valence-corrected chi connectivity index (χ1v) is 10.8. The number of rotatable bonds is 6. The van der Waals surface area contributed by atoms with Crippen molar-refractivity contribution in [1.29, 1.82) is 0 Å². The van der Waals surface area contributed by atoms with Gasteiger partial charge in [-0.1, -0.05) is 31.9 Å². The van der Waals surface area contributed by atoms with Gasteiger partial charge in [0.15, 0.2) is 0 Å². The van der Waals surface area contributed by atoms with Crippen LogP contribution in [0, 0.1) is 0 Å². The lowest BCUT2D eigenvalue weighted by Crippen LogP contribution is -2.27. The number of amides is 2. The lowest BCUT2D eigenvalue weighted by Gasteiger charge is -2.04. The molecule has 0 aromatic heterocycles. The molecule has 0 aliphatic carbocycles. The van der Waals surface area contributed by atoms with Gasteiger partial charge in [-0.3, -0.25) is 9.59 Å². The van der Waals surface area contributed by atoms with Gasteiger partial charge in [0.05, 0.1) is 21.4 Å². The normalized spacial score (nSPS) is 11.2. The lowest BCUT2D eigenvalue weighted by molar-refractivity contribution is -0.129. The molecule has 0 radical (unpaired) electrons. The Bertz CT molecular complexity index is 932. The molecule has 0 heterocycles. The average molecular weight is 656 g/mol. The molecule has 4 N–H and O–H groups in total. The van der Waals surface area contributed by atoms with Crippen molar-refractivity contribution in [1.82, 2.24) is 10.9 Å². The van der Waals surface area contributed by atoms with Crippen LogP contribution in [-0.4, -0.2) is 34.5 Å². The maximum Gasteiger partial charge on any atom is 0.249 e. The molecule has 2 amide bonds. The zero-order valence-corrected chi connectivity index (χ0v) is 20.6. The van der Waals surface area contributed by atoms with Gasteiger partial charge in [0.1, 0.15) is 17.9 Å². The highest BCUT2D eigenvalue weighted by Crippen LogP contribution is 2.31. The molecule has 0 aliphatic rings. The summed E-state index contributed by atoms with van der Waals surface area (Å²) in [6.45, 7) is 0. The molecule has 0 aliphatic heterocycles. The summed E-state index contributed by atoms with van der Waals surface area (Å²) < 4.78 is 2.33. The first-order valence-electron chi connectivity index (χ1n) is 7.67. The minimum absolute atomic E-state index is 0.0410. The fourth-order valence-corrected chi connectivity index (χ4v) is 4.46. The van der Waals surface area contributed by atoms with E-state index < -0.39 is 18.2 Å². The van der Waals surface area contributed by atoms with E-state index in [4.69, 9.17) is 0 Å². The van der Waals surface area contributed by atoms with Crippen molar-refractivity contribution >= 4 is 88.0 Å². The van der Waals surface area contributed by atoms with Crippen LogP contribution in [0.3, 0.4) is 0 Å². The molecule has 152 valence electrons. The zero-order valence-electron chi connectivity index (χ0n) is 14.3. The minimum Gasteiger partial charge on any atom is -0.506 e. The van der Waals surface area contributed by atoms with Crippen molar-refractivity contribution < 1.29 is 19.8 Å². The number of halogens is 4. The highest BCUT2D eigenvalue weighted by atomic mass is 79.9. The molecule has 0 saturated heterocycles. The topological polar surface area (TPSA) is 123 Å². The second-order valence-corrected chi connectivity index (χ2v) is 8.95. The van der Waals surface area contributed by atoms with Gasteiger partial charge in [0, 0.05) is 20.1 Å². The number of nitrogens with zero attached hydrogens (tertiary/aromatic N) is 2. The standard InChI is InChI=1S/C17H12Br4N4O4/c18-10-1-8(16(28)12(20)3-10)6-22-24-14(26)5-15(27)25-23-7-9-2-11(19)4-13(21)17(9)29/h1-4,6-7,28-29H,5H2,(H,24,26)(H,25,27)/b22-6-,23-7+. The first-order chi connectivity index (χ1) is 13.7. The molecule has 0 bridgehead atoms. The zero-order chi connectivity index (χ0) is 21.6. The smallest absolute Gasteiger partial charge is 0.249 e. The predicted octanol–water partition coefficient (Wildman–Crippen LogP) is 4.14. The Balaban J connectivity index is 1.88. The van der Waals surface area contributed by atoms with E-state index in [2.05, 4.69) is 84.8 Å². The molecule has 0 unspecified atom stereocenters. The molecular formula is C17H12Br4N4O4. The highest BCUT2D eigenvalue weighted by molar-refractivity contribution is 9.11. The third-order valence-corrected chi connectivity index (χ3v) is 5.35. The SMILES string of the molecule is O=C(CC(=O)N/N=C/c1cc(Br)cc(Br)c1O)N/N=C\c1cc(Br)cc(Br)c1O. The average Bonchev–Trinajstić information content (AvgIpc) is 2.62. The fraction of sp³-hybridized carbons (Fsp3) is 0.0588. The summed E-state index contributed by atoms with van der Waals surface area (Å²) in [6, 6.07) is 6.52. The number of carbonyl (C=O) groups excluding carboxylic acids is 2. The molecule has 0 atom stereocenters. The van der Waals surface area contributed by atoms with Crippen LogP contribution in [0.15, 0.2) is 52.4 Å². The lowest BCUT2D eigenvalue weighted by atomic mass is 10.2. The monoisotopic (exact) mass is 652 g/mol. The van der Waals surface area contributed by atoms with Crippen molar-refractivity contribution in [3.8, 4) is 11.5 Å². The van der Waals surface area contributed by atoms with E-state index in [1.54, 1.807) is 24.3 Å². The van der Waals surface area contributed by atoms with Gasteiger partial charge in [0.25, 0.3) is 0 Å². The Morgan fingerprint density at radius 3 is 1.55 bits per heavy atom. The van der Waals surface area contributed by atoms with Crippen LogP contribution in [0.2, 0.25) is 0 Å². The molecule has 12 heteroatoms. The Hall–Kier alpha value is -1.76. The summed E-state index contributed by atoms with van der Waals surface area (Å²) in [4.78, 5) is 23.5. The number of hydrazone groups is 2. The van der Waals surface area contributed by atoms with Gasteiger partial charge in [-0.25, -0.2) is 10.9 Å². The highest BCUT2D eigenvalue weighted by Gasteiger charge is 2.09. The van der Waals surface area contributed by atoms with Gasteiger partial charge < -0.3 is 10.2 Å². The van der Waals surface area contributed by atoms with Gasteiger partial charge in [0.2, 0.25) is 11.8 Å². The molecule has 2 aromatic rings. The summed E-state index contributed by atoms with van der Waals surface area (Å²) in [6.07, 6.45) is 1.97. The minimum atomic E-state index is -0.671. The van der Waals surface area contributed by atoms with Crippen molar-refractivity contribution in [2.24, 2.45) is 10.2 Å². The number of nitrogens with one attached hydrogen (secondary N) is 2. The first kappa shape index (κ1) is 23.5. The Morgan fingerprint density at radius 2 is 1.17 bits per heavy atom. The van der Waals surface area contributed by atoms with Crippen molar-refractivity contribution in [2.75, 3.05) is 0 Å². The summed E-state index contributed by atoms with van der Waals surface area (Å²) in [7, 11) is 0. The maximum atomic E-state index is 11.8. The van der Waals surface area contributed by atoms with Crippen molar-refractivity contribution in [3.63, 3.8) is 0 Å². The van der Waals surface area contributed by atoms with Gasteiger partial charge in [-0.2, -0.15) is 10.2 Å². The summed E-state index contributed by atoms with van der Waals surface area (Å²) in [5, 5.41) is 27.2. The molecule has 0 saturated carbocycles. The predicted molar refractivity (Wildman–Crippen MR) is 123 cm³/mol. The maximum absolute atomic E-state index is 11.8. The summed E-state index contributed by atoms with van der Waals surface area (Å²) in [5.41, 5.74) is 5.09. The van der Waals surface area contributed by atoms with Gasteiger partial charge >= 0.3 is 0 Å². The van der Waals surface area contributed by atoms with Crippen LogP contribution >= 0.6 is 63.7 Å². The van der Waals surface area contributed by atoms with E-state index in [-0.39, 0.29) is 11.5 Å². The molecule has 2 aromatic carbocycles. The molecule has 29 heavy (non-hydrogen) atoms. The van der Waals surface area contributed by atoms with Crippen LogP contribution in [0.1, 0.15) is 17.5 Å². The van der Waals surface area contributed by atoms with Crippen LogP contribution in [-0.2, 0) is 9.59 Å². The number of benzene rings is 2. The Labute approximate surface area is 199 Å². The number of carbonyl (C=O) groups is 2. The van der Waals surface area contributed by atoms with Crippen LogP contribution in [0.5, 0.6) is 11.5 Å². The van der Waals surface area contributed by atoms with E-state index >= 15 is 0 Å². The van der Waals surface area contributed by atoms with Crippen molar-refractivity contribution in [3.05, 3.63) is 53.3 Å². The van der Waals surface area contributed by atoms with Crippen LogP contribution in [0.25, 0.3) is 0 Å². The van der Waals surface area contributed by atoms with E-state index in [9.17, 15) is 19.8 Å². The molecule has 2 rings (SSSR count). The van der Waals surface area contributed by atoms with E-state index in [1.165, 1.54) is 12.4 Å². The van der Waals surface area contributed by atoms with Crippen LogP contribution in [0.4, 0.5) is 0 Å². The van der Waals surface area contributed by atoms with Crippen LogP contribution < -0.4 is 10.9 Å². The van der Waals surface area contributed by atoms with E-state index in [1.807, 2.05) is 0 Å². The molecule has 0 spiro atoms. The Kier molecular flexibility index (Phi) is 8.80. The second kappa shape index (κ2) is 10.9. The van der Waals surface area contributed by atoms with E-state index in [0.29, 0.717) is 29.0 Å². The fourth-order valence-electron chi connectivity index (χ4n) is 1.94. The third kappa shape index (κ3) is 7.21. The number of hydrogen-bond acceptors (Lipinski definition) is 6. The van der Waals surface area contributed by atoms with Gasteiger partial charge in [-0.05, 0) is 56.1 Å². The van der Waals surface area contributed by atoms with E-state index in [0.717, 1.165) is 0 Å². The largest absolute Gasteiger partial charge is 0.506 e. The van der Waals surface area contributed by atoms with Crippen molar-refractivity contribution in [2.45, 2.75) is 6.42 Å². The summed E-state index contributed by atoms with van der Waals surface area (Å²) in [5.74, 6) is -1.42. The third-order valence-electron chi connectivity index (χ3n) is 3.22. The second-order valence-electron chi connectivity index (χ2n) is 5.41. The number of phenolic OH excluding ortho intramolecular Hbond substituents is 2. The quantitative estimate of drug-likeness (QED) is 0.212. The summed E-state index contributed by atoms with van der Waals surface area (Å²) >= 11 is 12.9. The molecule has 8 nitrogen and oxygen atoms in total. The molecular weight excluding hydrogens is 644 g/mol. The number of hydrogen-bond donors (Lipinski definition) is 4. The number of phenols is 2. The van der Waals surface area contributed by atoms with Gasteiger partial charge in [-0.15, -0.1) is 0 Å². The molecule has 0 fully saturated rings. The Morgan fingerprint density at radius 1 is 0.793 bits per heavy atom. The number of aromatic hydroxyl groups is 2.